The minimum atomic E-state index is -0.564. The van der Waals surface area contributed by atoms with Gasteiger partial charge in [-0.05, 0) is 32.9 Å². The van der Waals surface area contributed by atoms with E-state index in [1.165, 1.54) is 6.33 Å². The van der Waals surface area contributed by atoms with E-state index in [0.29, 0.717) is 29.1 Å². The number of anilines is 2. The molecule has 2 aromatic heterocycles. The molecule has 0 saturated carbocycles. The van der Waals surface area contributed by atoms with Gasteiger partial charge in [-0.3, -0.25) is 15.2 Å². The van der Waals surface area contributed by atoms with Gasteiger partial charge in [0.15, 0.2) is 0 Å². The van der Waals surface area contributed by atoms with Crippen LogP contribution in [0, 0.1) is 12.3 Å². The number of pyridine rings is 1. The fourth-order valence-corrected chi connectivity index (χ4v) is 2.88. The van der Waals surface area contributed by atoms with E-state index in [4.69, 9.17) is 11.1 Å². The van der Waals surface area contributed by atoms with Crippen molar-refractivity contribution in [1.82, 2.24) is 20.3 Å². The molecule has 0 radical (unpaired) electrons. The van der Waals surface area contributed by atoms with Gasteiger partial charge in [-0.1, -0.05) is 29.8 Å². The number of rotatable bonds is 7. The van der Waals surface area contributed by atoms with Crippen LogP contribution >= 0.6 is 0 Å². The van der Waals surface area contributed by atoms with E-state index in [9.17, 15) is 4.79 Å². The van der Waals surface area contributed by atoms with Gasteiger partial charge in [-0.15, -0.1) is 0 Å². The second-order valence-electron chi connectivity index (χ2n) is 7.65. The number of benzene rings is 1. The number of nitrogens with two attached hydrogens (primary N) is 1. The van der Waals surface area contributed by atoms with Crippen molar-refractivity contribution in [3.05, 3.63) is 77.4 Å². The molecule has 0 aliphatic heterocycles. The smallest absolute Gasteiger partial charge is 0.251 e. The lowest BCUT2D eigenvalue weighted by molar-refractivity contribution is 0.0947. The molecule has 154 valence electrons. The number of hydrogen-bond acceptors (Lipinski definition) is 7. The minimum absolute atomic E-state index is 0.193. The van der Waals surface area contributed by atoms with Crippen molar-refractivity contribution >= 4 is 23.3 Å². The molecule has 2 heterocycles. The summed E-state index contributed by atoms with van der Waals surface area (Å²) < 4.78 is 0. The number of carbonyl (C=O) groups excluding carboxylic acids is 1. The van der Waals surface area contributed by atoms with E-state index in [1.807, 2.05) is 45.0 Å². The van der Waals surface area contributed by atoms with Crippen LogP contribution in [0.3, 0.4) is 0 Å². The van der Waals surface area contributed by atoms with Gasteiger partial charge in [-0.2, -0.15) is 0 Å². The zero-order chi connectivity index (χ0) is 21.7. The third-order valence-corrected chi connectivity index (χ3v) is 4.56. The van der Waals surface area contributed by atoms with Crippen LogP contribution in [0.1, 0.15) is 40.9 Å². The molecule has 1 amide bonds. The van der Waals surface area contributed by atoms with Gasteiger partial charge in [-0.25, -0.2) is 9.97 Å². The third-order valence-electron chi connectivity index (χ3n) is 4.56. The second-order valence-corrected chi connectivity index (χ2v) is 7.65. The number of aromatic nitrogens is 3. The first-order valence-corrected chi connectivity index (χ1v) is 9.50. The van der Waals surface area contributed by atoms with E-state index in [1.54, 1.807) is 24.5 Å². The Balaban J connectivity index is 1.78. The number of hydrogen-bond donors (Lipinski definition) is 4. The van der Waals surface area contributed by atoms with Crippen molar-refractivity contribution in [2.45, 2.75) is 26.3 Å². The van der Waals surface area contributed by atoms with Gasteiger partial charge >= 0.3 is 0 Å². The van der Waals surface area contributed by atoms with Gasteiger partial charge in [0.05, 0.1) is 16.8 Å². The van der Waals surface area contributed by atoms with Crippen molar-refractivity contribution in [2.24, 2.45) is 0 Å². The summed E-state index contributed by atoms with van der Waals surface area (Å²) in [6, 6.07) is 10.9. The highest BCUT2D eigenvalue weighted by molar-refractivity contribution is 6.16. The monoisotopic (exact) mass is 403 g/mol. The Morgan fingerprint density at radius 2 is 1.73 bits per heavy atom. The lowest BCUT2D eigenvalue weighted by atomic mass is 10.00. The number of aryl methyl sites for hydroxylation is 1. The molecule has 0 fully saturated rings. The van der Waals surface area contributed by atoms with Crippen molar-refractivity contribution in [3.8, 4) is 0 Å². The fraction of sp³-hybridized carbons (Fsp3) is 0.227. The summed E-state index contributed by atoms with van der Waals surface area (Å²) >= 11 is 0. The summed E-state index contributed by atoms with van der Waals surface area (Å²) in [5.41, 5.74) is 8.55. The molecule has 1 aromatic carbocycles. The van der Waals surface area contributed by atoms with Gasteiger partial charge in [0, 0.05) is 30.1 Å². The lowest BCUT2D eigenvalue weighted by Gasteiger charge is -2.28. The van der Waals surface area contributed by atoms with E-state index < -0.39 is 5.54 Å². The quantitative estimate of drug-likeness (QED) is 0.449. The van der Waals surface area contributed by atoms with Crippen LogP contribution < -0.4 is 16.4 Å². The van der Waals surface area contributed by atoms with Crippen LogP contribution in [0.25, 0.3) is 0 Å². The first-order valence-electron chi connectivity index (χ1n) is 9.50. The Bertz CT molecular complexity index is 1050. The summed E-state index contributed by atoms with van der Waals surface area (Å²) in [6.07, 6.45) is 4.51. The van der Waals surface area contributed by atoms with Crippen LogP contribution in [-0.4, -0.2) is 38.7 Å². The number of nitrogens with zero attached hydrogens (tertiary/aromatic N) is 3. The SMILES string of the molecule is Cc1ccc(C(=N)c2c(N)ncnc2NC(C)(C)CNC(=O)c2ccncc2)cc1. The molecule has 3 rings (SSSR count). The largest absolute Gasteiger partial charge is 0.383 e. The van der Waals surface area contributed by atoms with Crippen LogP contribution in [-0.2, 0) is 0 Å². The van der Waals surface area contributed by atoms with E-state index in [2.05, 4.69) is 25.6 Å². The zero-order valence-corrected chi connectivity index (χ0v) is 17.2. The molecule has 30 heavy (non-hydrogen) atoms. The summed E-state index contributed by atoms with van der Waals surface area (Å²) in [5, 5.41) is 14.8. The Morgan fingerprint density at radius 3 is 2.40 bits per heavy atom. The lowest BCUT2D eigenvalue weighted by Crippen LogP contribution is -2.44. The summed E-state index contributed by atoms with van der Waals surface area (Å²) in [6.45, 7) is 6.17. The minimum Gasteiger partial charge on any atom is -0.383 e. The molecule has 8 nitrogen and oxygen atoms in total. The number of amides is 1. The molecule has 0 aliphatic carbocycles. The fourth-order valence-electron chi connectivity index (χ4n) is 2.88. The van der Waals surface area contributed by atoms with Gasteiger partial charge in [0.1, 0.15) is 18.0 Å². The van der Waals surface area contributed by atoms with Crippen LogP contribution in [0.5, 0.6) is 0 Å². The zero-order valence-electron chi connectivity index (χ0n) is 17.2. The van der Waals surface area contributed by atoms with Gasteiger partial charge in [0.2, 0.25) is 0 Å². The Labute approximate surface area is 175 Å². The highest BCUT2D eigenvalue weighted by Crippen LogP contribution is 2.24. The first kappa shape index (κ1) is 20.9. The van der Waals surface area contributed by atoms with Crippen LogP contribution in [0.15, 0.2) is 55.1 Å². The number of carbonyl (C=O) groups is 1. The number of nitrogens with one attached hydrogen (secondary N) is 3. The normalized spacial score (nSPS) is 11.0. The van der Waals surface area contributed by atoms with Crippen molar-refractivity contribution in [1.29, 1.82) is 5.41 Å². The summed E-state index contributed by atoms with van der Waals surface area (Å²) in [7, 11) is 0. The maximum atomic E-state index is 12.3. The van der Waals surface area contributed by atoms with Crippen molar-refractivity contribution < 1.29 is 4.79 Å². The number of nitrogen functional groups attached to an aromatic ring is 1. The molecular weight excluding hydrogens is 378 g/mol. The molecule has 0 bridgehead atoms. The molecular formula is C22H25N7O. The molecule has 3 aromatic rings. The molecule has 0 atom stereocenters. The molecule has 0 saturated heterocycles. The predicted octanol–water partition coefficient (Wildman–Crippen LogP) is 2.80. The van der Waals surface area contributed by atoms with E-state index in [0.717, 1.165) is 5.56 Å². The van der Waals surface area contributed by atoms with Crippen LogP contribution in [0.4, 0.5) is 11.6 Å². The maximum Gasteiger partial charge on any atom is 0.251 e. The summed E-state index contributed by atoms with van der Waals surface area (Å²) in [5.74, 6) is 0.466. The highest BCUT2D eigenvalue weighted by atomic mass is 16.1. The standard InChI is InChI=1S/C22H25N7O/c1-14-4-6-15(7-5-14)18(23)17-19(24)27-13-28-20(17)29-22(2,3)12-26-21(30)16-8-10-25-11-9-16/h4-11,13,23H,12H2,1-3H3,(H,26,30)(H3,24,27,28,29). The van der Waals surface area contributed by atoms with E-state index in [-0.39, 0.29) is 17.4 Å². The van der Waals surface area contributed by atoms with Crippen molar-refractivity contribution in [3.63, 3.8) is 0 Å². The van der Waals surface area contributed by atoms with Crippen molar-refractivity contribution in [2.75, 3.05) is 17.6 Å². The first-order chi connectivity index (χ1) is 14.3. The average molecular weight is 403 g/mol. The molecule has 8 heteroatoms. The van der Waals surface area contributed by atoms with Gasteiger partial charge < -0.3 is 16.4 Å². The Kier molecular flexibility index (Phi) is 6.06. The molecule has 0 spiro atoms. The van der Waals surface area contributed by atoms with E-state index >= 15 is 0 Å². The van der Waals surface area contributed by atoms with Crippen LogP contribution in [0.2, 0.25) is 0 Å². The Morgan fingerprint density at radius 1 is 1.07 bits per heavy atom. The molecule has 0 aliphatic rings. The topological polar surface area (TPSA) is 130 Å². The second kappa shape index (κ2) is 8.69. The van der Waals surface area contributed by atoms with Gasteiger partial charge in [0.25, 0.3) is 5.91 Å². The highest BCUT2D eigenvalue weighted by Gasteiger charge is 2.24. The summed E-state index contributed by atoms with van der Waals surface area (Å²) in [4.78, 5) is 24.6. The average Bonchev–Trinajstić information content (AvgIpc) is 2.73. The Hall–Kier alpha value is -3.81. The molecule has 5 N–H and O–H groups in total. The predicted molar refractivity (Wildman–Crippen MR) is 118 cm³/mol. The molecule has 0 unspecified atom stereocenters. The third kappa shape index (κ3) is 4.96. The maximum absolute atomic E-state index is 12.3.